The molecule has 1 heterocycles. The van der Waals surface area contributed by atoms with E-state index >= 15 is 0 Å². The fourth-order valence-corrected chi connectivity index (χ4v) is 2.23. The molecule has 0 spiro atoms. The molecule has 0 aromatic carbocycles. The molecule has 0 unspecified atom stereocenters. The van der Waals surface area contributed by atoms with Crippen molar-refractivity contribution in [3.05, 3.63) is 24.0 Å². The van der Waals surface area contributed by atoms with Gasteiger partial charge in [-0.15, -0.1) is 0 Å². The Balaban J connectivity index is 2.17. The van der Waals surface area contributed by atoms with Crippen molar-refractivity contribution in [2.24, 2.45) is 5.41 Å². The summed E-state index contributed by atoms with van der Waals surface area (Å²) in [7, 11) is 0. The minimum Gasteiger partial charge on any atom is -0.323 e. The highest BCUT2D eigenvalue weighted by molar-refractivity contribution is 5.97. The lowest BCUT2D eigenvalue weighted by Gasteiger charge is -2.19. The van der Waals surface area contributed by atoms with E-state index in [1.807, 2.05) is 6.92 Å². The smallest absolute Gasteiger partial charge is 0.244 e. The summed E-state index contributed by atoms with van der Waals surface area (Å²) in [6, 6.07) is 5.76. The number of hydrogen-bond donors (Lipinski definition) is 1. The molecule has 0 aliphatic heterocycles. The standard InChI is InChI=1S/C13H15N3O/c1-10-11(5-4-8-15-10)16-12(17)13(9-14)6-2-3-7-13/h4-5,8H,2-3,6-7H2,1H3,(H,16,17). The summed E-state index contributed by atoms with van der Waals surface area (Å²) in [6.07, 6.45) is 4.91. The second kappa shape index (κ2) is 4.54. The average Bonchev–Trinajstić information content (AvgIpc) is 2.82. The first-order chi connectivity index (χ1) is 8.18. The topological polar surface area (TPSA) is 65.8 Å². The number of nitrogens with zero attached hydrogens (tertiary/aromatic N) is 2. The first-order valence-corrected chi connectivity index (χ1v) is 5.82. The first kappa shape index (κ1) is 11.6. The molecule has 1 aliphatic rings. The second-order valence-electron chi connectivity index (χ2n) is 4.49. The van der Waals surface area contributed by atoms with Crippen LogP contribution in [0.5, 0.6) is 0 Å². The lowest BCUT2D eigenvalue weighted by atomic mass is 9.87. The van der Waals surface area contributed by atoms with Crippen molar-refractivity contribution in [3.8, 4) is 6.07 Å². The van der Waals surface area contributed by atoms with Gasteiger partial charge in [0.05, 0.1) is 17.5 Å². The number of aryl methyl sites for hydroxylation is 1. The molecule has 1 fully saturated rings. The summed E-state index contributed by atoms with van der Waals surface area (Å²) in [5, 5.41) is 12.0. The van der Waals surface area contributed by atoms with Gasteiger partial charge in [-0.1, -0.05) is 12.8 Å². The molecule has 1 aromatic rings. The fourth-order valence-electron chi connectivity index (χ4n) is 2.23. The van der Waals surface area contributed by atoms with Gasteiger partial charge in [0.2, 0.25) is 5.91 Å². The number of carbonyl (C=O) groups is 1. The Morgan fingerprint density at radius 3 is 2.82 bits per heavy atom. The maximum atomic E-state index is 12.2. The third-order valence-corrected chi connectivity index (χ3v) is 3.36. The second-order valence-corrected chi connectivity index (χ2v) is 4.49. The van der Waals surface area contributed by atoms with Crippen molar-refractivity contribution in [2.45, 2.75) is 32.6 Å². The summed E-state index contributed by atoms with van der Waals surface area (Å²) in [5.74, 6) is -0.186. The maximum Gasteiger partial charge on any atom is 0.244 e. The Bertz CT molecular complexity index is 470. The van der Waals surface area contributed by atoms with Crippen LogP contribution in [0.15, 0.2) is 18.3 Å². The van der Waals surface area contributed by atoms with Crippen LogP contribution in [0, 0.1) is 23.7 Å². The van der Waals surface area contributed by atoms with Gasteiger partial charge in [0.15, 0.2) is 0 Å². The van der Waals surface area contributed by atoms with Gasteiger partial charge in [0.1, 0.15) is 5.41 Å². The summed E-state index contributed by atoms with van der Waals surface area (Å²) in [6.45, 7) is 1.84. The van der Waals surface area contributed by atoms with Gasteiger partial charge in [-0.3, -0.25) is 9.78 Å². The van der Waals surface area contributed by atoms with Crippen molar-refractivity contribution in [1.82, 2.24) is 4.98 Å². The highest BCUT2D eigenvalue weighted by atomic mass is 16.2. The SMILES string of the molecule is Cc1ncccc1NC(=O)C1(C#N)CCCC1. The van der Waals surface area contributed by atoms with E-state index in [4.69, 9.17) is 0 Å². The first-order valence-electron chi connectivity index (χ1n) is 5.82. The van der Waals surface area contributed by atoms with E-state index in [-0.39, 0.29) is 5.91 Å². The number of nitrogens with one attached hydrogen (secondary N) is 1. The Morgan fingerprint density at radius 1 is 1.53 bits per heavy atom. The Kier molecular flexibility index (Phi) is 3.10. The minimum atomic E-state index is -0.831. The van der Waals surface area contributed by atoms with Gasteiger partial charge in [-0.2, -0.15) is 5.26 Å². The molecule has 0 saturated heterocycles. The molecule has 1 amide bonds. The minimum absolute atomic E-state index is 0.186. The highest BCUT2D eigenvalue weighted by Crippen LogP contribution is 2.38. The molecular weight excluding hydrogens is 214 g/mol. The van der Waals surface area contributed by atoms with Gasteiger partial charge < -0.3 is 5.32 Å². The summed E-state index contributed by atoms with van der Waals surface area (Å²) >= 11 is 0. The van der Waals surface area contributed by atoms with Gasteiger partial charge in [-0.05, 0) is 31.9 Å². The molecule has 1 aromatic heterocycles. The van der Waals surface area contributed by atoms with E-state index < -0.39 is 5.41 Å². The number of amides is 1. The normalized spacial score (nSPS) is 17.4. The van der Waals surface area contributed by atoms with Crippen LogP contribution < -0.4 is 5.32 Å². The quantitative estimate of drug-likeness (QED) is 0.846. The van der Waals surface area contributed by atoms with Crippen LogP contribution in [0.1, 0.15) is 31.4 Å². The van der Waals surface area contributed by atoms with Gasteiger partial charge in [0, 0.05) is 6.20 Å². The number of carbonyl (C=O) groups excluding carboxylic acids is 1. The lowest BCUT2D eigenvalue weighted by Crippen LogP contribution is -2.32. The van der Waals surface area contributed by atoms with Gasteiger partial charge >= 0.3 is 0 Å². The van der Waals surface area contributed by atoms with Gasteiger partial charge in [0.25, 0.3) is 0 Å². The number of hydrogen-bond acceptors (Lipinski definition) is 3. The molecule has 0 bridgehead atoms. The monoisotopic (exact) mass is 229 g/mol. The van der Waals surface area contributed by atoms with Gasteiger partial charge in [-0.25, -0.2) is 0 Å². The molecule has 88 valence electrons. The number of nitriles is 1. The number of aromatic nitrogens is 1. The molecule has 4 heteroatoms. The Hall–Kier alpha value is -1.89. The van der Waals surface area contributed by atoms with E-state index in [9.17, 15) is 10.1 Å². The Morgan fingerprint density at radius 2 is 2.24 bits per heavy atom. The number of anilines is 1. The van der Waals surface area contributed by atoms with Crippen LogP contribution >= 0.6 is 0 Å². The average molecular weight is 229 g/mol. The summed E-state index contributed by atoms with van der Waals surface area (Å²) in [4.78, 5) is 16.3. The highest BCUT2D eigenvalue weighted by Gasteiger charge is 2.41. The zero-order chi connectivity index (χ0) is 12.3. The molecular formula is C13H15N3O. The molecule has 17 heavy (non-hydrogen) atoms. The summed E-state index contributed by atoms with van der Waals surface area (Å²) in [5.41, 5.74) is 0.633. The fraction of sp³-hybridized carbons (Fsp3) is 0.462. The largest absolute Gasteiger partial charge is 0.323 e. The van der Waals surface area contributed by atoms with Crippen molar-refractivity contribution >= 4 is 11.6 Å². The molecule has 4 nitrogen and oxygen atoms in total. The lowest BCUT2D eigenvalue weighted by molar-refractivity contribution is -0.122. The molecule has 0 radical (unpaired) electrons. The number of rotatable bonds is 2. The maximum absolute atomic E-state index is 12.2. The van der Waals surface area contributed by atoms with Crippen molar-refractivity contribution in [1.29, 1.82) is 5.26 Å². The van der Waals surface area contributed by atoms with Crippen LogP contribution in [0.25, 0.3) is 0 Å². The van der Waals surface area contributed by atoms with Crippen LogP contribution in [-0.2, 0) is 4.79 Å². The zero-order valence-electron chi connectivity index (χ0n) is 9.86. The molecule has 1 aliphatic carbocycles. The van der Waals surface area contributed by atoms with Crippen LogP contribution in [-0.4, -0.2) is 10.9 Å². The van der Waals surface area contributed by atoms with E-state index in [0.29, 0.717) is 18.5 Å². The summed E-state index contributed by atoms with van der Waals surface area (Å²) < 4.78 is 0. The van der Waals surface area contributed by atoms with Crippen molar-refractivity contribution in [3.63, 3.8) is 0 Å². The van der Waals surface area contributed by atoms with Crippen LogP contribution in [0.4, 0.5) is 5.69 Å². The zero-order valence-corrected chi connectivity index (χ0v) is 9.86. The van der Waals surface area contributed by atoms with Crippen LogP contribution in [0.3, 0.4) is 0 Å². The predicted octanol–water partition coefficient (Wildman–Crippen LogP) is 2.41. The molecule has 2 rings (SSSR count). The molecule has 1 N–H and O–H groups in total. The molecule has 0 atom stereocenters. The molecule has 1 saturated carbocycles. The van der Waals surface area contributed by atoms with Crippen LogP contribution in [0.2, 0.25) is 0 Å². The van der Waals surface area contributed by atoms with E-state index in [1.54, 1.807) is 18.3 Å². The predicted molar refractivity (Wildman–Crippen MR) is 64.1 cm³/mol. The van der Waals surface area contributed by atoms with E-state index in [1.165, 1.54) is 0 Å². The number of pyridine rings is 1. The van der Waals surface area contributed by atoms with Crippen molar-refractivity contribution in [2.75, 3.05) is 5.32 Å². The van der Waals surface area contributed by atoms with E-state index in [0.717, 1.165) is 18.5 Å². The van der Waals surface area contributed by atoms with Crippen molar-refractivity contribution < 1.29 is 4.79 Å². The third kappa shape index (κ3) is 2.14. The Labute approximate surface area is 101 Å². The van der Waals surface area contributed by atoms with E-state index in [2.05, 4.69) is 16.4 Å². The third-order valence-electron chi connectivity index (χ3n) is 3.36.